The van der Waals surface area contributed by atoms with Gasteiger partial charge in [0.2, 0.25) is 0 Å². The average molecular weight is 409 g/mol. The van der Waals surface area contributed by atoms with E-state index in [1.165, 1.54) is 12.1 Å². The Bertz CT molecular complexity index is 1070. The van der Waals surface area contributed by atoms with Crippen molar-refractivity contribution in [1.82, 2.24) is 0 Å². The minimum Gasteiger partial charge on any atom is -0.744 e. The summed E-state index contributed by atoms with van der Waals surface area (Å²) in [5, 5.41) is -0.426. The van der Waals surface area contributed by atoms with E-state index < -0.39 is 32.1 Å². The van der Waals surface area contributed by atoms with Crippen molar-refractivity contribution in [3.8, 4) is 0 Å². The summed E-state index contributed by atoms with van der Waals surface area (Å²) >= 11 is 11.8. The zero-order valence-electron chi connectivity index (χ0n) is 12.6. The fourth-order valence-electron chi connectivity index (χ4n) is 2.62. The first-order valence-corrected chi connectivity index (χ1v) is 8.48. The monoisotopic (exact) mass is 408 g/mol. The maximum atomic E-state index is 12.8. The summed E-state index contributed by atoms with van der Waals surface area (Å²) in [6.07, 6.45) is 0. The SMILES string of the molecule is Nc1c(Cl)c(Cl)c(N)c2c1C(=O)c1cccc(S(=O)(=O)[O-])c1C2=O.[Na+]. The van der Waals surface area contributed by atoms with E-state index in [4.69, 9.17) is 34.7 Å². The Kier molecular flexibility index (Phi) is 5.29. The van der Waals surface area contributed by atoms with Crippen molar-refractivity contribution in [2.45, 2.75) is 4.90 Å². The molecule has 2 aromatic carbocycles. The summed E-state index contributed by atoms with van der Waals surface area (Å²) in [5.41, 5.74) is 9.55. The molecule has 7 nitrogen and oxygen atoms in total. The number of hydrogen-bond donors (Lipinski definition) is 2. The van der Waals surface area contributed by atoms with Gasteiger partial charge in [-0.25, -0.2) is 8.42 Å². The fourth-order valence-corrected chi connectivity index (χ4v) is 3.71. The number of fused-ring (bicyclic) bond motifs is 2. The van der Waals surface area contributed by atoms with Crippen molar-refractivity contribution in [3.63, 3.8) is 0 Å². The normalized spacial score (nSPS) is 13.1. The van der Waals surface area contributed by atoms with Gasteiger partial charge in [-0.05, 0) is 6.07 Å². The molecule has 0 spiro atoms. The van der Waals surface area contributed by atoms with Gasteiger partial charge in [0.1, 0.15) is 10.1 Å². The maximum absolute atomic E-state index is 12.8. The molecule has 0 saturated carbocycles. The van der Waals surface area contributed by atoms with Crippen LogP contribution in [0, 0.1) is 0 Å². The molecule has 0 aromatic heterocycles. The van der Waals surface area contributed by atoms with Crippen molar-refractivity contribution >= 4 is 56.3 Å². The summed E-state index contributed by atoms with van der Waals surface area (Å²) in [4.78, 5) is 24.6. The number of carbonyl (C=O) groups excluding carboxylic acids is 2. The molecule has 1 aliphatic rings. The molecule has 0 amide bonds. The van der Waals surface area contributed by atoms with Crippen molar-refractivity contribution in [2.24, 2.45) is 0 Å². The third-order valence-electron chi connectivity index (χ3n) is 3.68. The van der Waals surface area contributed by atoms with Gasteiger partial charge in [0.15, 0.2) is 11.6 Å². The van der Waals surface area contributed by atoms with Gasteiger partial charge in [0.25, 0.3) is 0 Å². The van der Waals surface area contributed by atoms with Crippen LogP contribution >= 0.6 is 23.2 Å². The molecule has 4 N–H and O–H groups in total. The van der Waals surface area contributed by atoms with Crippen LogP contribution in [0.1, 0.15) is 31.8 Å². The summed E-state index contributed by atoms with van der Waals surface area (Å²) in [7, 11) is -5.00. The van der Waals surface area contributed by atoms with Crippen molar-refractivity contribution in [2.75, 3.05) is 11.5 Å². The quantitative estimate of drug-likeness (QED) is 0.293. The zero-order valence-corrected chi connectivity index (χ0v) is 16.9. The Morgan fingerprint density at radius 3 is 1.84 bits per heavy atom. The van der Waals surface area contributed by atoms with Gasteiger partial charge >= 0.3 is 29.6 Å². The van der Waals surface area contributed by atoms with E-state index in [-0.39, 0.29) is 67.7 Å². The van der Waals surface area contributed by atoms with Gasteiger partial charge in [-0.1, -0.05) is 35.3 Å². The van der Waals surface area contributed by atoms with Crippen LogP contribution in [0.5, 0.6) is 0 Å². The number of halogens is 2. The smallest absolute Gasteiger partial charge is 0.744 e. The first kappa shape index (κ1) is 20.2. The van der Waals surface area contributed by atoms with Gasteiger partial charge in [-0.3, -0.25) is 9.59 Å². The minimum absolute atomic E-state index is 0. The van der Waals surface area contributed by atoms with Crippen molar-refractivity contribution in [1.29, 1.82) is 0 Å². The van der Waals surface area contributed by atoms with Crippen LogP contribution in [-0.2, 0) is 10.1 Å². The third kappa shape index (κ3) is 2.87. The molecule has 2 aromatic rings. The summed E-state index contributed by atoms with van der Waals surface area (Å²) in [6.45, 7) is 0. The van der Waals surface area contributed by atoms with Gasteiger partial charge in [0, 0.05) is 5.56 Å². The number of nitrogen functional groups attached to an aromatic ring is 2. The average Bonchev–Trinajstić information content (AvgIpc) is 2.52. The molecule has 1 aliphatic carbocycles. The van der Waals surface area contributed by atoms with Crippen molar-refractivity contribution < 1.29 is 52.1 Å². The standard InChI is InChI=1S/C14H8Cl2N2O5S.Na/c15-9-10(16)12(18)8-7(11(9)17)13(19)4-2-1-3-5(24(21,22)23)6(4)14(8)20;/h1-3H,17-18H2,(H,21,22,23);/q;+1/p-1. The molecule has 0 aliphatic heterocycles. The van der Waals surface area contributed by atoms with Crippen LogP contribution in [0.15, 0.2) is 23.1 Å². The summed E-state index contributed by atoms with van der Waals surface area (Å²) < 4.78 is 34.3. The molecule has 0 unspecified atom stereocenters. The van der Waals surface area contributed by atoms with Crippen LogP contribution in [0.3, 0.4) is 0 Å². The van der Waals surface area contributed by atoms with Crippen LogP contribution in [0.2, 0.25) is 10.0 Å². The topological polar surface area (TPSA) is 143 Å². The van der Waals surface area contributed by atoms with E-state index in [1.807, 2.05) is 0 Å². The van der Waals surface area contributed by atoms with Gasteiger partial charge < -0.3 is 16.0 Å². The fraction of sp³-hybridized carbons (Fsp3) is 0. The predicted octanol–water partition coefficient (Wildman–Crippen LogP) is -1.16. The molecule has 3 rings (SSSR count). The van der Waals surface area contributed by atoms with Crippen LogP contribution in [0.25, 0.3) is 0 Å². The first-order valence-electron chi connectivity index (χ1n) is 6.31. The molecule has 0 saturated heterocycles. The number of rotatable bonds is 1. The zero-order chi connectivity index (χ0) is 18.0. The molecule has 25 heavy (non-hydrogen) atoms. The summed E-state index contributed by atoms with van der Waals surface area (Å²) in [6, 6.07) is 3.33. The molecule has 0 heterocycles. The molecule has 124 valence electrons. The number of benzene rings is 2. The van der Waals surface area contributed by atoms with E-state index in [0.717, 1.165) is 6.07 Å². The minimum atomic E-state index is -5.00. The number of ketones is 2. The number of anilines is 2. The molecular weight excluding hydrogens is 402 g/mol. The van der Waals surface area contributed by atoms with E-state index in [9.17, 15) is 22.6 Å². The second kappa shape index (κ2) is 6.55. The van der Waals surface area contributed by atoms with Crippen molar-refractivity contribution in [3.05, 3.63) is 50.5 Å². The second-order valence-electron chi connectivity index (χ2n) is 5.00. The van der Waals surface area contributed by atoms with Gasteiger partial charge in [-0.15, -0.1) is 0 Å². The van der Waals surface area contributed by atoms with Gasteiger partial charge in [-0.2, -0.15) is 0 Å². The largest absolute Gasteiger partial charge is 1.00 e. The number of nitrogens with two attached hydrogens (primary N) is 2. The van der Waals surface area contributed by atoms with Gasteiger partial charge in [0.05, 0.1) is 43.0 Å². The Morgan fingerprint density at radius 1 is 0.880 bits per heavy atom. The molecule has 0 radical (unpaired) electrons. The number of carbonyl (C=O) groups is 2. The Labute approximate surface area is 174 Å². The first-order chi connectivity index (χ1) is 11.1. The molecule has 11 heteroatoms. The second-order valence-corrected chi connectivity index (χ2v) is 7.10. The maximum Gasteiger partial charge on any atom is 1.00 e. The Balaban J connectivity index is 0.00000225. The number of hydrogen-bond acceptors (Lipinski definition) is 7. The Morgan fingerprint density at radius 2 is 1.36 bits per heavy atom. The van der Waals surface area contributed by atoms with E-state index in [1.54, 1.807) is 0 Å². The molecule has 0 atom stereocenters. The van der Waals surface area contributed by atoms with E-state index in [2.05, 4.69) is 0 Å². The van der Waals surface area contributed by atoms with Crippen LogP contribution in [-0.4, -0.2) is 24.5 Å². The Hall–Kier alpha value is -1.13. The predicted molar refractivity (Wildman–Crippen MR) is 86.6 cm³/mol. The summed E-state index contributed by atoms with van der Waals surface area (Å²) in [5.74, 6) is -1.70. The van der Waals surface area contributed by atoms with E-state index in [0.29, 0.717) is 0 Å². The van der Waals surface area contributed by atoms with Crippen LogP contribution < -0.4 is 41.0 Å². The molecule has 0 fully saturated rings. The molecular formula is C14H7Cl2N2NaO5S. The molecule has 0 bridgehead atoms. The van der Waals surface area contributed by atoms with E-state index >= 15 is 0 Å². The third-order valence-corrected chi connectivity index (χ3v) is 5.44. The van der Waals surface area contributed by atoms with Crippen LogP contribution in [0.4, 0.5) is 11.4 Å².